The fraction of sp³-hybridized carbons (Fsp3) is 0.250. The van der Waals surface area contributed by atoms with Crippen molar-refractivity contribution in [2.45, 2.75) is 20.8 Å². The van der Waals surface area contributed by atoms with E-state index in [1.165, 1.54) is 6.92 Å². The fourth-order valence-corrected chi connectivity index (χ4v) is 2.17. The number of ketones is 1. The quantitative estimate of drug-likeness (QED) is 0.610. The monoisotopic (exact) mass is 355 g/mol. The van der Waals surface area contributed by atoms with Gasteiger partial charge in [0, 0.05) is 11.3 Å². The normalized spacial score (nSPS) is 10.1. The van der Waals surface area contributed by atoms with E-state index in [1.807, 2.05) is 32.0 Å². The minimum absolute atomic E-state index is 0.0550. The number of aryl methyl sites for hydroxylation is 2. The average Bonchev–Trinajstić information content (AvgIpc) is 2.61. The van der Waals surface area contributed by atoms with Gasteiger partial charge in [0.05, 0.1) is 0 Å². The Morgan fingerprint density at radius 2 is 1.65 bits per heavy atom. The number of anilines is 1. The molecule has 0 fully saturated rings. The highest BCUT2D eigenvalue weighted by Crippen LogP contribution is 2.19. The maximum absolute atomic E-state index is 11.8. The molecule has 6 nitrogen and oxygen atoms in total. The smallest absolute Gasteiger partial charge is 0.344 e. The number of ether oxygens (including phenoxy) is 2. The molecule has 2 aromatic rings. The SMILES string of the molecule is CC(=O)c1ccc(NC(=O)COC(=O)COc2cc(C)ccc2C)cc1. The van der Waals surface area contributed by atoms with E-state index in [4.69, 9.17) is 9.47 Å². The largest absolute Gasteiger partial charge is 0.482 e. The molecular formula is C20H21NO5. The molecule has 6 heteroatoms. The first-order valence-electron chi connectivity index (χ1n) is 8.11. The number of amides is 1. The number of nitrogens with one attached hydrogen (secondary N) is 1. The zero-order valence-corrected chi connectivity index (χ0v) is 15.0. The lowest BCUT2D eigenvalue weighted by Crippen LogP contribution is -2.23. The van der Waals surface area contributed by atoms with Crippen LogP contribution < -0.4 is 10.1 Å². The summed E-state index contributed by atoms with van der Waals surface area (Å²) in [6, 6.07) is 12.1. The molecule has 0 bridgehead atoms. The van der Waals surface area contributed by atoms with E-state index in [0.29, 0.717) is 17.0 Å². The standard InChI is InChI=1S/C20H21NO5/c1-13-4-5-14(2)18(10-13)25-12-20(24)26-11-19(23)21-17-8-6-16(7-9-17)15(3)22/h4-10H,11-12H2,1-3H3,(H,21,23). The number of hydrogen-bond donors (Lipinski definition) is 1. The van der Waals surface area contributed by atoms with Gasteiger partial charge in [-0.2, -0.15) is 0 Å². The highest BCUT2D eigenvalue weighted by atomic mass is 16.6. The van der Waals surface area contributed by atoms with Gasteiger partial charge in [-0.1, -0.05) is 12.1 Å². The second kappa shape index (κ2) is 8.80. The Morgan fingerprint density at radius 1 is 0.962 bits per heavy atom. The zero-order valence-electron chi connectivity index (χ0n) is 15.0. The molecule has 0 unspecified atom stereocenters. The molecule has 2 rings (SSSR count). The number of carbonyl (C=O) groups excluding carboxylic acids is 3. The molecule has 26 heavy (non-hydrogen) atoms. The summed E-state index contributed by atoms with van der Waals surface area (Å²) >= 11 is 0. The maximum atomic E-state index is 11.8. The van der Waals surface area contributed by atoms with Crippen molar-refractivity contribution in [3.63, 3.8) is 0 Å². The van der Waals surface area contributed by atoms with E-state index in [2.05, 4.69) is 5.32 Å². The van der Waals surface area contributed by atoms with E-state index in [-0.39, 0.29) is 12.4 Å². The molecule has 0 aliphatic rings. The summed E-state index contributed by atoms with van der Waals surface area (Å²) in [7, 11) is 0. The Bertz CT molecular complexity index is 811. The van der Waals surface area contributed by atoms with E-state index in [9.17, 15) is 14.4 Å². The Kier molecular flexibility index (Phi) is 6.49. The lowest BCUT2D eigenvalue weighted by Gasteiger charge is -2.10. The number of esters is 1. The van der Waals surface area contributed by atoms with Crippen molar-refractivity contribution in [1.82, 2.24) is 0 Å². The zero-order chi connectivity index (χ0) is 19.1. The van der Waals surface area contributed by atoms with Gasteiger partial charge in [0.15, 0.2) is 19.0 Å². The van der Waals surface area contributed by atoms with Crippen LogP contribution in [0.3, 0.4) is 0 Å². The fourth-order valence-electron chi connectivity index (χ4n) is 2.17. The number of hydrogen-bond acceptors (Lipinski definition) is 5. The van der Waals surface area contributed by atoms with Crippen LogP contribution in [0.4, 0.5) is 5.69 Å². The van der Waals surface area contributed by atoms with Crippen LogP contribution in [0.5, 0.6) is 5.75 Å². The first kappa shape index (κ1) is 19.2. The van der Waals surface area contributed by atoms with Crippen LogP contribution in [-0.4, -0.2) is 30.9 Å². The van der Waals surface area contributed by atoms with Gasteiger partial charge in [-0.25, -0.2) is 4.79 Å². The molecule has 2 aromatic carbocycles. The molecule has 0 heterocycles. The summed E-state index contributed by atoms with van der Waals surface area (Å²) in [4.78, 5) is 34.7. The van der Waals surface area contributed by atoms with Gasteiger partial charge in [0.1, 0.15) is 5.75 Å². The van der Waals surface area contributed by atoms with Crippen LogP contribution in [0.2, 0.25) is 0 Å². The molecule has 0 saturated carbocycles. The summed E-state index contributed by atoms with van der Waals surface area (Å²) in [6.45, 7) is 4.59. The second-order valence-corrected chi connectivity index (χ2v) is 5.90. The van der Waals surface area contributed by atoms with Gasteiger partial charge in [0.25, 0.3) is 5.91 Å². The number of Topliss-reactive ketones (excluding diaryl/α,β-unsaturated/α-hetero) is 1. The minimum Gasteiger partial charge on any atom is -0.482 e. The third-order valence-corrected chi connectivity index (χ3v) is 3.63. The Morgan fingerprint density at radius 3 is 2.31 bits per heavy atom. The van der Waals surface area contributed by atoms with Crippen molar-refractivity contribution in [3.05, 3.63) is 59.2 Å². The Labute approximate surface area is 152 Å². The Balaban J connectivity index is 1.76. The molecule has 0 aliphatic heterocycles. The summed E-state index contributed by atoms with van der Waals surface area (Å²) in [5.74, 6) is -0.550. The molecule has 0 saturated heterocycles. The van der Waals surface area contributed by atoms with E-state index < -0.39 is 18.5 Å². The molecule has 0 radical (unpaired) electrons. The highest BCUT2D eigenvalue weighted by molar-refractivity contribution is 5.96. The third-order valence-electron chi connectivity index (χ3n) is 3.63. The van der Waals surface area contributed by atoms with E-state index >= 15 is 0 Å². The van der Waals surface area contributed by atoms with Crippen LogP contribution >= 0.6 is 0 Å². The molecule has 0 aliphatic carbocycles. The van der Waals surface area contributed by atoms with Gasteiger partial charge < -0.3 is 14.8 Å². The van der Waals surface area contributed by atoms with Crippen molar-refractivity contribution < 1.29 is 23.9 Å². The van der Waals surface area contributed by atoms with Crippen LogP contribution in [0.15, 0.2) is 42.5 Å². The van der Waals surface area contributed by atoms with Crippen molar-refractivity contribution in [1.29, 1.82) is 0 Å². The summed E-state index contributed by atoms with van der Waals surface area (Å²) in [5.41, 5.74) is 3.00. The highest BCUT2D eigenvalue weighted by Gasteiger charge is 2.10. The third kappa shape index (κ3) is 5.73. The van der Waals surface area contributed by atoms with E-state index in [0.717, 1.165) is 11.1 Å². The summed E-state index contributed by atoms with van der Waals surface area (Å²) in [5, 5.41) is 2.59. The topological polar surface area (TPSA) is 81.7 Å². The minimum atomic E-state index is -0.631. The van der Waals surface area contributed by atoms with E-state index in [1.54, 1.807) is 24.3 Å². The van der Waals surface area contributed by atoms with Crippen LogP contribution in [0.25, 0.3) is 0 Å². The van der Waals surface area contributed by atoms with Gasteiger partial charge in [-0.05, 0) is 62.2 Å². The maximum Gasteiger partial charge on any atom is 0.344 e. The number of rotatable bonds is 7. The van der Waals surface area contributed by atoms with Gasteiger partial charge in [-0.3, -0.25) is 9.59 Å². The summed E-state index contributed by atoms with van der Waals surface area (Å²) in [6.07, 6.45) is 0. The van der Waals surface area contributed by atoms with Gasteiger partial charge in [0.2, 0.25) is 0 Å². The number of benzene rings is 2. The van der Waals surface area contributed by atoms with Crippen molar-refractivity contribution >= 4 is 23.3 Å². The predicted molar refractivity (Wildman–Crippen MR) is 97.4 cm³/mol. The predicted octanol–water partition coefficient (Wildman–Crippen LogP) is 3.07. The second-order valence-electron chi connectivity index (χ2n) is 5.90. The average molecular weight is 355 g/mol. The van der Waals surface area contributed by atoms with Crippen molar-refractivity contribution in [3.8, 4) is 5.75 Å². The molecule has 0 aromatic heterocycles. The lowest BCUT2D eigenvalue weighted by atomic mass is 10.1. The molecule has 0 spiro atoms. The molecule has 136 valence electrons. The lowest BCUT2D eigenvalue weighted by molar-refractivity contribution is -0.149. The first-order valence-corrected chi connectivity index (χ1v) is 8.11. The first-order chi connectivity index (χ1) is 12.3. The van der Waals surface area contributed by atoms with Crippen LogP contribution in [0, 0.1) is 13.8 Å². The molecule has 0 atom stereocenters. The Hall–Kier alpha value is -3.15. The van der Waals surface area contributed by atoms with Crippen LogP contribution in [0.1, 0.15) is 28.4 Å². The van der Waals surface area contributed by atoms with Gasteiger partial charge >= 0.3 is 5.97 Å². The van der Waals surface area contributed by atoms with Crippen molar-refractivity contribution in [2.24, 2.45) is 0 Å². The van der Waals surface area contributed by atoms with Crippen molar-refractivity contribution in [2.75, 3.05) is 18.5 Å². The summed E-state index contributed by atoms with van der Waals surface area (Å²) < 4.78 is 10.3. The number of carbonyl (C=O) groups is 3. The van der Waals surface area contributed by atoms with Crippen LogP contribution in [-0.2, 0) is 14.3 Å². The molecule has 1 N–H and O–H groups in total. The molecule has 1 amide bonds. The molecular weight excluding hydrogens is 334 g/mol. The van der Waals surface area contributed by atoms with Gasteiger partial charge in [-0.15, -0.1) is 0 Å².